The van der Waals surface area contributed by atoms with Crippen molar-refractivity contribution < 1.29 is 4.79 Å². The van der Waals surface area contributed by atoms with Crippen molar-refractivity contribution in [2.45, 2.75) is 6.92 Å². The Hall–Kier alpha value is -1.37. The van der Waals surface area contributed by atoms with E-state index in [4.69, 9.17) is 0 Å². The second kappa shape index (κ2) is 3.15. The normalized spacial score (nSPS) is 9.18. The Morgan fingerprint density at radius 1 is 1.45 bits per heavy atom. The largest absolute Gasteiger partial charge is 0.298 e. The monoisotopic (exact) mass is 146 g/mol. The van der Waals surface area contributed by atoms with Gasteiger partial charge in [-0.1, -0.05) is 24.8 Å². The quantitative estimate of drug-likeness (QED) is 0.586. The van der Waals surface area contributed by atoms with Gasteiger partial charge in [0.2, 0.25) is 0 Å². The molecule has 0 fully saturated rings. The number of aldehydes is 1. The van der Waals surface area contributed by atoms with E-state index in [0.29, 0.717) is 0 Å². The highest BCUT2D eigenvalue weighted by molar-refractivity contribution is 5.78. The Bertz CT molecular complexity index is 287. The lowest BCUT2D eigenvalue weighted by Crippen LogP contribution is -1.85. The zero-order valence-corrected chi connectivity index (χ0v) is 6.50. The van der Waals surface area contributed by atoms with Crippen LogP contribution in [0.1, 0.15) is 21.5 Å². The standard InChI is InChI=1S/C10H10O/c1-3-9-5-4-8(2)10(6-9)7-11/h3-7H,1H2,2H3. The maximum Gasteiger partial charge on any atom is 0.150 e. The molecule has 11 heavy (non-hydrogen) atoms. The summed E-state index contributed by atoms with van der Waals surface area (Å²) in [6.07, 6.45) is 2.59. The predicted molar refractivity (Wildman–Crippen MR) is 46.7 cm³/mol. The maximum atomic E-state index is 10.5. The van der Waals surface area contributed by atoms with Crippen LogP contribution in [-0.4, -0.2) is 6.29 Å². The topological polar surface area (TPSA) is 17.1 Å². The van der Waals surface area contributed by atoms with Crippen LogP contribution in [0.4, 0.5) is 0 Å². The Kier molecular flexibility index (Phi) is 2.21. The van der Waals surface area contributed by atoms with Gasteiger partial charge in [-0.3, -0.25) is 4.79 Å². The van der Waals surface area contributed by atoms with E-state index < -0.39 is 0 Å². The lowest BCUT2D eigenvalue weighted by molar-refractivity contribution is 0.112. The fourth-order valence-electron chi connectivity index (χ4n) is 0.913. The van der Waals surface area contributed by atoms with Gasteiger partial charge in [0, 0.05) is 5.56 Å². The van der Waals surface area contributed by atoms with Crippen LogP contribution < -0.4 is 0 Å². The summed E-state index contributed by atoms with van der Waals surface area (Å²) in [6.45, 7) is 5.53. The van der Waals surface area contributed by atoms with E-state index in [9.17, 15) is 4.79 Å². The molecule has 0 bridgehead atoms. The van der Waals surface area contributed by atoms with Crippen molar-refractivity contribution in [1.29, 1.82) is 0 Å². The minimum atomic E-state index is 0.738. The van der Waals surface area contributed by atoms with E-state index >= 15 is 0 Å². The molecule has 0 aromatic heterocycles. The summed E-state index contributed by atoms with van der Waals surface area (Å²) in [5, 5.41) is 0. The molecular weight excluding hydrogens is 136 g/mol. The van der Waals surface area contributed by atoms with Crippen molar-refractivity contribution in [1.82, 2.24) is 0 Å². The average Bonchev–Trinajstić information content (AvgIpc) is 2.05. The van der Waals surface area contributed by atoms with Gasteiger partial charge in [-0.25, -0.2) is 0 Å². The summed E-state index contributed by atoms with van der Waals surface area (Å²) in [6, 6.07) is 5.69. The summed E-state index contributed by atoms with van der Waals surface area (Å²) in [5.41, 5.74) is 2.73. The Morgan fingerprint density at radius 3 is 2.73 bits per heavy atom. The van der Waals surface area contributed by atoms with Crippen LogP contribution in [0.5, 0.6) is 0 Å². The third-order valence-corrected chi connectivity index (χ3v) is 1.67. The zero-order valence-electron chi connectivity index (χ0n) is 6.50. The second-order valence-corrected chi connectivity index (χ2v) is 2.44. The van der Waals surface area contributed by atoms with Gasteiger partial charge in [-0.2, -0.15) is 0 Å². The molecule has 1 nitrogen and oxygen atoms in total. The van der Waals surface area contributed by atoms with E-state index in [0.717, 1.165) is 23.0 Å². The molecule has 1 rings (SSSR count). The highest BCUT2D eigenvalue weighted by Gasteiger charge is 1.95. The second-order valence-electron chi connectivity index (χ2n) is 2.44. The number of carbonyl (C=O) groups is 1. The maximum absolute atomic E-state index is 10.5. The van der Waals surface area contributed by atoms with Crippen LogP contribution in [0.3, 0.4) is 0 Å². The molecule has 0 atom stereocenters. The molecule has 0 spiro atoms. The third kappa shape index (κ3) is 1.55. The molecule has 0 saturated carbocycles. The van der Waals surface area contributed by atoms with Crippen molar-refractivity contribution in [2.75, 3.05) is 0 Å². The molecule has 0 aliphatic carbocycles. The van der Waals surface area contributed by atoms with Crippen LogP contribution in [-0.2, 0) is 0 Å². The van der Waals surface area contributed by atoms with Crippen LogP contribution in [0.15, 0.2) is 24.8 Å². The first-order valence-corrected chi connectivity index (χ1v) is 3.46. The fourth-order valence-corrected chi connectivity index (χ4v) is 0.913. The summed E-state index contributed by atoms with van der Waals surface area (Å²) in [7, 11) is 0. The lowest BCUT2D eigenvalue weighted by atomic mass is 10.1. The minimum Gasteiger partial charge on any atom is -0.298 e. The van der Waals surface area contributed by atoms with Gasteiger partial charge >= 0.3 is 0 Å². The first kappa shape index (κ1) is 7.73. The molecule has 1 aromatic rings. The first-order valence-electron chi connectivity index (χ1n) is 3.46. The zero-order chi connectivity index (χ0) is 8.27. The van der Waals surface area contributed by atoms with Gasteiger partial charge in [-0.15, -0.1) is 0 Å². The van der Waals surface area contributed by atoms with E-state index in [1.54, 1.807) is 6.08 Å². The van der Waals surface area contributed by atoms with Crippen LogP contribution in [0.2, 0.25) is 0 Å². The van der Waals surface area contributed by atoms with Gasteiger partial charge < -0.3 is 0 Å². The van der Waals surface area contributed by atoms with Crippen LogP contribution in [0, 0.1) is 6.92 Å². The minimum absolute atomic E-state index is 0.738. The Balaban J connectivity index is 3.22. The lowest BCUT2D eigenvalue weighted by Gasteiger charge is -1.98. The van der Waals surface area contributed by atoms with Crippen molar-refractivity contribution in [3.8, 4) is 0 Å². The smallest absolute Gasteiger partial charge is 0.150 e. The van der Waals surface area contributed by atoms with Gasteiger partial charge in [-0.05, 0) is 24.1 Å². The number of rotatable bonds is 2. The van der Waals surface area contributed by atoms with Crippen molar-refractivity contribution >= 4 is 12.4 Å². The molecular formula is C10H10O. The highest BCUT2D eigenvalue weighted by atomic mass is 16.1. The SMILES string of the molecule is C=Cc1ccc(C)c(C=O)c1. The number of hydrogen-bond acceptors (Lipinski definition) is 1. The molecule has 0 aliphatic heterocycles. The fraction of sp³-hybridized carbons (Fsp3) is 0.100. The molecule has 1 aromatic carbocycles. The van der Waals surface area contributed by atoms with Gasteiger partial charge in [0.25, 0.3) is 0 Å². The average molecular weight is 146 g/mol. The van der Waals surface area contributed by atoms with Gasteiger partial charge in [0.1, 0.15) is 6.29 Å². The summed E-state index contributed by atoms with van der Waals surface area (Å²) >= 11 is 0. The predicted octanol–water partition coefficient (Wildman–Crippen LogP) is 2.45. The Labute approximate surface area is 66.4 Å². The van der Waals surface area contributed by atoms with E-state index in [-0.39, 0.29) is 0 Å². The van der Waals surface area contributed by atoms with Crippen LogP contribution in [0.25, 0.3) is 6.08 Å². The number of carbonyl (C=O) groups excluding carboxylic acids is 1. The summed E-state index contributed by atoms with van der Waals surface area (Å²) in [5.74, 6) is 0. The first-order chi connectivity index (χ1) is 5.27. The van der Waals surface area contributed by atoms with Crippen molar-refractivity contribution in [2.24, 2.45) is 0 Å². The molecule has 0 radical (unpaired) electrons. The van der Waals surface area contributed by atoms with E-state index in [1.165, 1.54) is 0 Å². The summed E-state index contributed by atoms with van der Waals surface area (Å²) in [4.78, 5) is 10.5. The number of hydrogen-bond donors (Lipinski definition) is 0. The molecule has 0 aliphatic rings. The van der Waals surface area contributed by atoms with Crippen molar-refractivity contribution in [3.63, 3.8) is 0 Å². The Morgan fingerprint density at radius 2 is 2.18 bits per heavy atom. The van der Waals surface area contributed by atoms with Crippen LogP contribution >= 0.6 is 0 Å². The van der Waals surface area contributed by atoms with E-state index in [2.05, 4.69) is 6.58 Å². The van der Waals surface area contributed by atoms with Crippen molar-refractivity contribution in [3.05, 3.63) is 41.5 Å². The molecule has 0 amide bonds. The molecule has 0 unspecified atom stereocenters. The molecule has 0 heterocycles. The summed E-state index contributed by atoms with van der Waals surface area (Å²) < 4.78 is 0. The highest BCUT2D eigenvalue weighted by Crippen LogP contribution is 2.09. The molecule has 56 valence electrons. The number of benzene rings is 1. The molecule has 0 saturated heterocycles. The molecule has 1 heteroatoms. The molecule has 0 N–H and O–H groups in total. The number of aryl methyl sites for hydroxylation is 1. The van der Waals surface area contributed by atoms with Gasteiger partial charge in [0.05, 0.1) is 0 Å². The van der Waals surface area contributed by atoms with Gasteiger partial charge in [0.15, 0.2) is 0 Å². The third-order valence-electron chi connectivity index (χ3n) is 1.67. The van der Waals surface area contributed by atoms with E-state index in [1.807, 2.05) is 25.1 Å².